The Bertz CT molecular complexity index is 1290. The highest BCUT2D eigenvalue weighted by Gasteiger charge is 2.25. The molecule has 12 heteroatoms. The number of carbonyl (C=O) groups excluding carboxylic acids is 2. The van der Waals surface area contributed by atoms with Crippen molar-refractivity contribution in [1.82, 2.24) is 20.6 Å². The quantitative estimate of drug-likeness (QED) is 0.0741. The van der Waals surface area contributed by atoms with Crippen LogP contribution in [0.2, 0.25) is 0 Å². The fraction of sp³-hybridized carbons (Fsp3) is 0.231. The van der Waals surface area contributed by atoms with E-state index in [9.17, 15) is 24.5 Å². The third-order valence-corrected chi connectivity index (χ3v) is 5.69. The van der Waals surface area contributed by atoms with Crippen LogP contribution in [-0.2, 0) is 9.53 Å². The Balaban J connectivity index is 1.81. The minimum absolute atomic E-state index is 0.106. The van der Waals surface area contributed by atoms with E-state index < -0.39 is 40.5 Å². The van der Waals surface area contributed by atoms with Gasteiger partial charge in [-0.2, -0.15) is 0 Å². The smallest absolute Gasteiger partial charge is 0.328 e. The molecule has 0 aliphatic rings. The maximum absolute atomic E-state index is 13.5. The predicted molar refractivity (Wildman–Crippen MR) is 139 cm³/mol. The zero-order chi connectivity index (χ0) is 27.5. The first kappa shape index (κ1) is 27.6. The first-order chi connectivity index (χ1) is 18.3. The molecule has 198 valence electrons. The Kier molecular flexibility index (Phi) is 9.69. The first-order valence-corrected chi connectivity index (χ1v) is 11.7. The molecule has 3 aromatic rings. The molecule has 4 N–H and O–H groups in total. The lowest BCUT2D eigenvalue weighted by atomic mass is 9.98. The van der Waals surface area contributed by atoms with Crippen LogP contribution < -0.4 is 21.6 Å². The fourth-order valence-corrected chi connectivity index (χ4v) is 3.95. The molecule has 1 aromatic heterocycles. The van der Waals surface area contributed by atoms with E-state index in [4.69, 9.17) is 10.1 Å². The maximum atomic E-state index is 13.5. The Labute approximate surface area is 218 Å². The number of hydrogen-bond acceptors (Lipinski definition) is 7. The summed E-state index contributed by atoms with van der Waals surface area (Å²) in [5, 5.41) is 21.9. The molecular weight excluding hydrogens is 492 g/mol. The van der Waals surface area contributed by atoms with E-state index in [1.54, 1.807) is 17.7 Å². The van der Waals surface area contributed by atoms with Crippen LogP contribution in [0.1, 0.15) is 40.4 Å². The molecule has 38 heavy (non-hydrogen) atoms. The molecule has 0 spiro atoms. The summed E-state index contributed by atoms with van der Waals surface area (Å²) in [7, 11) is 1.18. The maximum Gasteiger partial charge on any atom is 0.328 e. The number of carbonyl (C=O) groups is 2. The molecule has 0 fully saturated rings. The molecule has 0 aliphatic heterocycles. The Morgan fingerprint density at radius 2 is 1.63 bits per heavy atom. The zero-order valence-electron chi connectivity index (χ0n) is 20.6. The lowest BCUT2D eigenvalue weighted by molar-refractivity contribution is -0.525. The van der Waals surface area contributed by atoms with E-state index in [0.29, 0.717) is 0 Å². The topological polar surface area (TPSA) is 168 Å². The van der Waals surface area contributed by atoms with Crippen molar-refractivity contribution in [3.63, 3.8) is 0 Å². The summed E-state index contributed by atoms with van der Waals surface area (Å²) in [6.07, 6.45) is 1.99. The molecule has 0 radical (unpaired) electrons. The minimum Gasteiger partial charge on any atom is -0.467 e. The zero-order valence-corrected chi connectivity index (χ0v) is 20.6. The van der Waals surface area contributed by atoms with Crippen molar-refractivity contribution in [3.05, 3.63) is 116 Å². The second-order valence-corrected chi connectivity index (χ2v) is 8.22. The number of methoxy groups -OCH3 is 1. The van der Waals surface area contributed by atoms with Crippen LogP contribution >= 0.6 is 0 Å². The molecule has 1 atom stereocenters. The number of aromatic nitrogens is 1. The minimum atomic E-state index is -1.07. The summed E-state index contributed by atoms with van der Waals surface area (Å²) < 4.78 is 6.26. The number of hydrogen-bond donors (Lipinski definition) is 4. The number of nitro groups is 1. The summed E-state index contributed by atoms with van der Waals surface area (Å²) in [5.74, 6) is -1.96. The molecular formula is C26H28N6O6. The number of nitrogens with zero attached hydrogens (tertiary/aromatic N) is 2. The van der Waals surface area contributed by atoms with Crippen molar-refractivity contribution >= 4 is 17.8 Å². The van der Waals surface area contributed by atoms with Crippen LogP contribution in [0, 0.1) is 15.5 Å². The van der Waals surface area contributed by atoms with E-state index in [1.807, 2.05) is 60.7 Å². The normalized spacial score (nSPS) is 11.3. The molecule has 0 unspecified atom stereocenters. The lowest BCUT2D eigenvalue weighted by Crippen LogP contribution is -2.45. The summed E-state index contributed by atoms with van der Waals surface area (Å²) in [4.78, 5) is 49.3. The predicted octanol–water partition coefficient (Wildman–Crippen LogP) is 1.84. The van der Waals surface area contributed by atoms with Gasteiger partial charge in [-0.3, -0.25) is 15.0 Å². The van der Waals surface area contributed by atoms with Gasteiger partial charge in [-0.25, -0.2) is 14.9 Å². The molecule has 12 nitrogen and oxygen atoms in total. The Hall–Kier alpha value is -5.00. The number of ether oxygens (including phenoxy) is 1. The van der Waals surface area contributed by atoms with Gasteiger partial charge in [-0.1, -0.05) is 66.1 Å². The Morgan fingerprint density at radius 3 is 2.18 bits per heavy atom. The van der Waals surface area contributed by atoms with Gasteiger partial charge in [0.15, 0.2) is 5.03 Å². The number of benzene rings is 2. The average Bonchev–Trinajstić information content (AvgIpc) is 2.91. The van der Waals surface area contributed by atoms with Crippen LogP contribution in [0.15, 0.2) is 83.8 Å². The second-order valence-electron chi connectivity index (χ2n) is 8.22. The van der Waals surface area contributed by atoms with Gasteiger partial charge in [-0.05, 0) is 36.1 Å². The van der Waals surface area contributed by atoms with Gasteiger partial charge in [0, 0.05) is 12.7 Å². The van der Waals surface area contributed by atoms with Crippen molar-refractivity contribution < 1.29 is 19.4 Å². The van der Waals surface area contributed by atoms with Gasteiger partial charge in [0.1, 0.15) is 11.6 Å². The van der Waals surface area contributed by atoms with Crippen LogP contribution in [0.5, 0.6) is 0 Å². The molecule has 2 aromatic carbocycles. The van der Waals surface area contributed by atoms with Gasteiger partial charge < -0.3 is 19.9 Å². The van der Waals surface area contributed by atoms with Gasteiger partial charge in [0.2, 0.25) is 0 Å². The first-order valence-electron chi connectivity index (χ1n) is 11.7. The van der Waals surface area contributed by atoms with Gasteiger partial charge in [-0.15, -0.1) is 0 Å². The SMILES string of the molecule is COC(=O)[C@H](CCCNC(=N)N[N+](=O)[O-])NC(=O)c1cccn(C(c2ccccc2)c2ccccc2)c1=O. The standard InChI is InChI=1S/C26H28N6O6/c1-38-25(35)21(15-8-16-28-26(27)30-32(36)37)29-23(33)20-14-9-17-31(24(20)34)22(18-10-4-2-5-11-18)19-12-6-3-7-13-19/h2-7,9-14,17,21-22H,8,15-16H2,1H3,(H,29,33)(H3,27,28,30)/t21-/m0/s1. The van der Waals surface area contributed by atoms with Crippen molar-refractivity contribution in [2.24, 2.45) is 0 Å². The van der Waals surface area contributed by atoms with E-state index in [0.717, 1.165) is 11.1 Å². The largest absolute Gasteiger partial charge is 0.467 e. The molecule has 1 amide bonds. The van der Waals surface area contributed by atoms with E-state index in [1.165, 1.54) is 17.7 Å². The third-order valence-electron chi connectivity index (χ3n) is 5.69. The van der Waals surface area contributed by atoms with Crippen molar-refractivity contribution in [3.8, 4) is 0 Å². The summed E-state index contributed by atoms with van der Waals surface area (Å²) >= 11 is 0. The highest BCUT2D eigenvalue weighted by molar-refractivity contribution is 5.96. The van der Waals surface area contributed by atoms with Crippen molar-refractivity contribution in [2.75, 3.05) is 13.7 Å². The second kappa shape index (κ2) is 13.3. The van der Waals surface area contributed by atoms with Crippen molar-refractivity contribution in [1.29, 1.82) is 5.41 Å². The van der Waals surface area contributed by atoms with Gasteiger partial charge in [0.25, 0.3) is 17.4 Å². The van der Waals surface area contributed by atoms with E-state index >= 15 is 0 Å². The summed E-state index contributed by atoms with van der Waals surface area (Å²) in [6, 6.07) is 20.3. The van der Waals surface area contributed by atoms with Crippen molar-refractivity contribution in [2.45, 2.75) is 24.9 Å². The van der Waals surface area contributed by atoms with Gasteiger partial charge >= 0.3 is 5.97 Å². The fourth-order valence-electron chi connectivity index (χ4n) is 3.95. The molecule has 0 saturated carbocycles. The highest BCUT2D eigenvalue weighted by atomic mass is 16.7. The number of hydrazine groups is 1. The number of pyridine rings is 1. The monoisotopic (exact) mass is 520 g/mol. The number of esters is 1. The van der Waals surface area contributed by atoms with Gasteiger partial charge in [0.05, 0.1) is 13.2 Å². The van der Waals surface area contributed by atoms with E-state index in [-0.39, 0.29) is 24.9 Å². The third kappa shape index (κ3) is 7.26. The summed E-state index contributed by atoms with van der Waals surface area (Å²) in [6.45, 7) is 0.122. The number of guanidine groups is 1. The van der Waals surface area contributed by atoms with Crippen LogP contribution in [0.4, 0.5) is 0 Å². The molecule has 0 bridgehead atoms. The van der Waals surface area contributed by atoms with Crippen LogP contribution in [0.25, 0.3) is 0 Å². The van der Waals surface area contributed by atoms with Crippen LogP contribution in [-0.4, -0.2) is 47.1 Å². The van der Waals surface area contributed by atoms with Crippen LogP contribution in [0.3, 0.4) is 0 Å². The molecule has 1 heterocycles. The number of amides is 1. The number of rotatable bonds is 11. The Morgan fingerprint density at radius 1 is 1.03 bits per heavy atom. The molecule has 3 rings (SSSR count). The molecule has 0 saturated heterocycles. The molecule has 0 aliphatic carbocycles. The average molecular weight is 521 g/mol. The highest BCUT2D eigenvalue weighted by Crippen LogP contribution is 2.25. The lowest BCUT2D eigenvalue weighted by Gasteiger charge is -2.22. The van der Waals surface area contributed by atoms with E-state index in [2.05, 4.69) is 10.6 Å². The number of nitrogens with one attached hydrogen (secondary N) is 4. The summed E-state index contributed by atoms with van der Waals surface area (Å²) in [5.41, 5.74) is 2.69.